The van der Waals surface area contributed by atoms with Gasteiger partial charge in [-0.25, -0.2) is 4.99 Å². The lowest BCUT2D eigenvalue weighted by Gasteiger charge is -2.39. The Labute approximate surface area is 187 Å². The standard InChI is InChI=1S/C20H30BrN3O5Si/c1-19(2,3)30(7,8)29-18-15-14(27-20(4,5)28-15)17(26-18)24-13(21)9-12(10-22)16(24)23-11-25-6/h9,11,14-15,17-18H,1-8H3/b23-11+/t14-,15+,17-,18-/m1/s1. The molecule has 4 atom stereocenters. The SMILES string of the molecule is CO/C=N/c1c(C#N)cc(Br)n1[C@@H]1O[C@H](O[Si](C)(C)C(C)(C)C)[C@H]2OC(C)(C)O[C@H]21. The summed E-state index contributed by atoms with van der Waals surface area (Å²) in [7, 11) is -0.641. The van der Waals surface area contributed by atoms with Crippen LogP contribution in [0, 0.1) is 11.3 Å². The Balaban J connectivity index is 2.02. The van der Waals surface area contributed by atoms with E-state index >= 15 is 0 Å². The van der Waals surface area contributed by atoms with Gasteiger partial charge in [-0.3, -0.25) is 4.57 Å². The van der Waals surface area contributed by atoms with Crippen LogP contribution in [0.2, 0.25) is 18.1 Å². The van der Waals surface area contributed by atoms with Crippen molar-refractivity contribution in [3.8, 4) is 6.07 Å². The molecule has 0 spiro atoms. The number of aromatic nitrogens is 1. The Kier molecular flexibility index (Phi) is 6.28. The van der Waals surface area contributed by atoms with Gasteiger partial charge in [0.05, 0.1) is 17.3 Å². The first-order chi connectivity index (χ1) is 13.8. The van der Waals surface area contributed by atoms with Gasteiger partial charge in [-0.05, 0) is 54.0 Å². The van der Waals surface area contributed by atoms with Gasteiger partial charge in [0.25, 0.3) is 0 Å². The quantitative estimate of drug-likeness (QED) is 0.327. The molecule has 0 amide bonds. The van der Waals surface area contributed by atoms with Crippen molar-refractivity contribution in [2.45, 2.75) is 83.3 Å². The van der Waals surface area contributed by atoms with Crippen molar-refractivity contribution in [3.05, 3.63) is 16.2 Å². The van der Waals surface area contributed by atoms with Crippen LogP contribution in [0.5, 0.6) is 0 Å². The van der Waals surface area contributed by atoms with Crippen LogP contribution in [-0.2, 0) is 23.4 Å². The molecule has 0 aromatic carbocycles. The van der Waals surface area contributed by atoms with Crippen molar-refractivity contribution in [2.24, 2.45) is 4.99 Å². The Morgan fingerprint density at radius 3 is 2.50 bits per heavy atom. The van der Waals surface area contributed by atoms with Crippen molar-refractivity contribution in [1.29, 1.82) is 5.26 Å². The number of fused-ring (bicyclic) bond motifs is 1. The van der Waals surface area contributed by atoms with E-state index in [0.717, 1.165) is 0 Å². The molecule has 1 aromatic rings. The molecule has 1 aromatic heterocycles. The summed E-state index contributed by atoms with van der Waals surface area (Å²) in [5.74, 6) is -0.365. The zero-order chi connectivity index (χ0) is 22.5. The number of methoxy groups -OCH3 is 1. The zero-order valence-corrected chi connectivity index (χ0v) is 21.3. The second-order valence-electron chi connectivity index (χ2n) is 9.49. The number of rotatable bonds is 5. The van der Waals surface area contributed by atoms with E-state index in [1.54, 1.807) is 10.6 Å². The lowest BCUT2D eigenvalue weighted by molar-refractivity contribution is -0.226. The highest BCUT2D eigenvalue weighted by molar-refractivity contribution is 9.10. The molecule has 3 rings (SSSR count). The lowest BCUT2D eigenvalue weighted by Crippen LogP contribution is -2.47. The van der Waals surface area contributed by atoms with E-state index in [2.05, 4.69) is 60.9 Å². The molecule has 10 heteroatoms. The molecule has 0 unspecified atom stereocenters. The number of hydrogen-bond acceptors (Lipinski definition) is 7. The molecule has 8 nitrogen and oxygen atoms in total. The van der Waals surface area contributed by atoms with Crippen molar-refractivity contribution in [3.63, 3.8) is 0 Å². The average Bonchev–Trinajstić information content (AvgIpc) is 3.21. The molecular weight excluding hydrogens is 470 g/mol. The largest absolute Gasteiger partial charge is 0.486 e. The van der Waals surface area contributed by atoms with Gasteiger partial charge in [0.2, 0.25) is 0 Å². The highest BCUT2D eigenvalue weighted by atomic mass is 79.9. The van der Waals surface area contributed by atoms with E-state index in [-0.39, 0.29) is 5.04 Å². The van der Waals surface area contributed by atoms with Gasteiger partial charge in [-0.15, -0.1) is 0 Å². The molecule has 2 aliphatic rings. The van der Waals surface area contributed by atoms with Gasteiger partial charge in [-0.2, -0.15) is 5.26 Å². The number of nitriles is 1. The zero-order valence-electron chi connectivity index (χ0n) is 18.7. The van der Waals surface area contributed by atoms with Gasteiger partial charge in [0, 0.05) is 0 Å². The van der Waals surface area contributed by atoms with Gasteiger partial charge in [-0.1, -0.05) is 20.8 Å². The smallest absolute Gasteiger partial charge is 0.195 e. The topological polar surface area (TPSA) is 87.2 Å². The third-order valence-electron chi connectivity index (χ3n) is 5.82. The minimum absolute atomic E-state index is 0.00878. The Hall–Kier alpha value is -1.22. The summed E-state index contributed by atoms with van der Waals surface area (Å²) in [6, 6.07) is 3.86. The van der Waals surface area contributed by atoms with Crippen LogP contribution in [0.3, 0.4) is 0 Å². The Morgan fingerprint density at radius 1 is 1.30 bits per heavy atom. The highest BCUT2D eigenvalue weighted by Gasteiger charge is 2.58. The molecule has 166 valence electrons. The molecular formula is C20H30BrN3O5Si. The third-order valence-corrected chi connectivity index (χ3v) is 10.9. The predicted octanol–water partition coefficient (Wildman–Crippen LogP) is 4.83. The van der Waals surface area contributed by atoms with Gasteiger partial charge in [0.15, 0.2) is 38.8 Å². The minimum Gasteiger partial charge on any atom is -0.486 e. The number of ether oxygens (including phenoxy) is 4. The predicted molar refractivity (Wildman–Crippen MR) is 118 cm³/mol. The Morgan fingerprint density at radius 2 is 1.93 bits per heavy atom. The van der Waals surface area contributed by atoms with Crippen LogP contribution in [0.25, 0.3) is 0 Å². The average molecular weight is 500 g/mol. The second-order valence-corrected chi connectivity index (χ2v) is 15.1. The molecule has 30 heavy (non-hydrogen) atoms. The van der Waals surface area contributed by atoms with Gasteiger partial charge >= 0.3 is 0 Å². The summed E-state index contributed by atoms with van der Waals surface area (Å²) in [4.78, 5) is 4.31. The van der Waals surface area contributed by atoms with E-state index in [1.165, 1.54) is 13.5 Å². The summed E-state index contributed by atoms with van der Waals surface area (Å²) in [5.41, 5.74) is 0.391. The van der Waals surface area contributed by atoms with Gasteiger partial charge in [0.1, 0.15) is 18.3 Å². The van der Waals surface area contributed by atoms with Crippen molar-refractivity contribution >= 4 is 36.5 Å². The minimum atomic E-state index is -2.14. The molecule has 0 N–H and O–H groups in total. The summed E-state index contributed by atoms with van der Waals surface area (Å²) >= 11 is 3.54. The fourth-order valence-corrected chi connectivity index (χ4v) is 5.08. The van der Waals surface area contributed by atoms with E-state index < -0.39 is 38.8 Å². The Bertz CT molecular complexity index is 871. The van der Waals surface area contributed by atoms with Crippen LogP contribution >= 0.6 is 15.9 Å². The van der Waals surface area contributed by atoms with Crippen molar-refractivity contribution in [2.75, 3.05) is 7.11 Å². The van der Waals surface area contributed by atoms with E-state index in [1.807, 2.05) is 13.8 Å². The number of aliphatic imine (C=N–C) groups is 1. The summed E-state index contributed by atoms with van der Waals surface area (Å²) in [6.07, 6.45) is -0.737. The van der Waals surface area contributed by atoms with Crippen molar-refractivity contribution < 1.29 is 23.4 Å². The fraction of sp³-hybridized carbons (Fsp3) is 0.700. The number of halogens is 1. The summed E-state index contributed by atoms with van der Waals surface area (Å²) < 4.78 is 32.7. The normalized spacial score (nSPS) is 28.7. The van der Waals surface area contributed by atoms with Crippen LogP contribution in [0.4, 0.5) is 5.82 Å². The molecule has 0 saturated carbocycles. The molecule has 2 saturated heterocycles. The summed E-state index contributed by atoms with van der Waals surface area (Å²) in [6.45, 7) is 14.6. The van der Waals surface area contributed by atoms with Gasteiger partial charge < -0.3 is 23.4 Å². The second kappa shape index (κ2) is 8.04. The maximum absolute atomic E-state index is 9.55. The molecule has 3 heterocycles. The number of hydrogen-bond donors (Lipinski definition) is 0. The van der Waals surface area contributed by atoms with E-state index in [4.69, 9.17) is 23.4 Å². The summed E-state index contributed by atoms with van der Waals surface area (Å²) in [5, 5.41) is 9.56. The van der Waals surface area contributed by atoms with Crippen molar-refractivity contribution in [1.82, 2.24) is 4.57 Å². The van der Waals surface area contributed by atoms with E-state index in [0.29, 0.717) is 16.0 Å². The molecule has 0 bridgehead atoms. The first-order valence-electron chi connectivity index (χ1n) is 9.86. The van der Waals surface area contributed by atoms with Crippen LogP contribution in [-0.4, -0.2) is 50.7 Å². The van der Waals surface area contributed by atoms with Crippen LogP contribution in [0.1, 0.15) is 46.4 Å². The van der Waals surface area contributed by atoms with E-state index in [9.17, 15) is 5.26 Å². The monoisotopic (exact) mass is 499 g/mol. The first-order valence-corrected chi connectivity index (χ1v) is 13.6. The molecule has 2 aliphatic heterocycles. The fourth-order valence-electron chi connectivity index (χ4n) is 3.35. The lowest BCUT2D eigenvalue weighted by atomic mass is 10.2. The highest BCUT2D eigenvalue weighted by Crippen LogP contribution is 2.48. The molecule has 2 fully saturated rings. The first kappa shape index (κ1) is 23.4. The van der Waals surface area contributed by atoms with Crippen LogP contribution in [0.15, 0.2) is 15.7 Å². The third kappa shape index (κ3) is 4.24. The van der Waals surface area contributed by atoms with Crippen LogP contribution < -0.4 is 0 Å². The maximum Gasteiger partial charge on any atom is 0.195 e. The molecule has 0 radical (unpaired) electrons. The maximum atomic E-state index is 9.55. The molecule has 0 aliphatic carbocycles. The number of nitrogens with zero attached hydrogens (tertiary/aromatic N) is 3.